The number of nitrogens with one attached hydrogen (secondary N) is 1. The van der Waals surface area contributed by atoms with Crippen molar-refractivity contribution in [2.45, 2.75) is 25.3 Å². The number of allylic oxidation sites excluding steroid dienone is 1. The monoisotopic (exact) mass is 301 g/mol. The Bertz CT molecular complexity index is 670. The fraction of sp³-hybridized carbons (Fsp3) is 0.375. The van der Waals surface area contributed by atoms with Crippen LogP contribution >= 0.6 is 11.3 Å². The first-order valence-corrected chi connectivity index (χ1v) is 8.22. The number of nitroso groups, excluding NO2 is 1. The molecule has 0 bridgehead atoms. The van der Waals surface area contributed by atoms with Crippen LogP contribution < -0.4 is 5.32 Å². The predicted molar refractivity (Wildman–Crippen MR) is 81.8 cm³/mol. The molecule has 0 aliphatic carbocycles. The van der Waals surface area contributed by atoms with Gasteiger partial charge in [0.05, 0.1) is 12.0 Å². The van der Waals surface area contributed by atoms with Crippen molar-refractivity contribution >= 4 is 11.3 Å². The molecule has 3 aliphatic heterocycles. The molecule has 3 aliphatic rings. The Kier molecular flexibility index (Phi) is 3.15. The highest BCUT2D eigenvalue weighted by atomic mass is 32.1. The van der Waals surface area contributed by atoms with E-state index in [1.54, 1.807) is 11.3 Å². The third-order valence-electron chi connectivity index (χ3n) is 4.17. The quantitative estimate of drug-likeness (QED) is 0.854. The van der Waals surface area contributed by atoms with Gasteiger partial charge in [-0.1, -0.05) is 6.07 Å². The van der Waals surface area contributed by atoms with Gasteiger partial charge in [0.2, 0.25) is 6.04 Å². The summed E-state index contributed by atoms with van der Waals surface area (Å²) in [5.41, 5.74) is 2.78. The summed E-state index contributed by atoms with van der Waals surface area (Å²) in [6.07, 6.45) is 6.62. The van der Waals surface area contributed by atoms with Gasteiger partial charge in [-0.05, 0) is 30.0 Å². The first-order valence-electron chi connectivity index (χ1n) is 7.34. The van der Waals surface area contributed by atoms with Crippen LogP contribution in [0.15, 0.2) is 52.4 Å². The smallest absolute Gasteiger partial charge is 0.260 e. The van der Waals surface area contributed by atoms with Gasteiger partial charge >= 0.3 is 0 Å². The minimum absolute atomic E-state index is 0.172. The van der Waals surface area contributed by atoms with Gasteiger partial charge in [0.1, 0.15) is 12.3 Å². The number of hydrogen-bond donors (Lipinski definition) is 1. The van der Waals surface area contributed by atoms with Gasteiger partial charge in [0, 0.05) is 27.5 Å². The Labute approximate surface area is 127 Å². The van der Waals surface area contributed by atoms with Crippen molar-refractivity contribution in [2.75, 3.05) is 13.2 Å². The number of rotatable bonds is 2. The second-order valence-electron chi connectivity index (χ2n) is 5.47. The van der Waals surface area contributed by atoms with Gasteiger partial charge in [0.25, 0.3) is 5.70 Å². The molecule has 1 unspecified atom stereocenters. The molecule has 0 spiro atoms. The molecule has 1 N–H and O–H groups in total. The van der Waals surface area contributed by atoms with Crippen LogP contribution in [0, 0.1) is 4.91 Å². The Morgan fingerprint density at radius 1 is 1.48 bits per heavy atom. The second kappa shape index (κ2) is 5.15. The van der Waals surface area contributed by atoms with Crippen molar-refractivity contribution in [3.8, 4) is 0 Å². The molecule has 0 aromatic carbocycles. The highest BCUT2D eigenvalue weighted by molar-refractivity contribution is 7.09. The fourth-order valence-electron chi connectivity index (χ4n) is 3.20. The lowest BCUT2D eigenvalue weighted by Gasteiger charge is -2.28. The molecule has 4 rings (SSSR count). The van der Waals surface area contributed by atoms with Crippen LogP contribution in [0.25, 0.3) is 0 Å². The summed E-state index contributed by atoms with van der Waals surface area (Å²) in [6.45, 7) is 1.49. The molecule has 0 fully saturated rings. The van der Waals surface area contributed by atoms with E-state index >= 15 is 0 Å². The number of ether oxygens (including phenoxy) is 1. The number of fused-ring (bicyclic) bond motifs is 1. The summed E-state index contributed by atoms with van der Waals surface area (Å²) in [6, 6.07) is 3.96. The van der Waals surface area contributed by atoms with Crippen LogP contribution in [-0.2, 0) is 11.2 Å². The molecule has 0 amide bonds. The number of thiophene rings is 1. The van der Waals surface area contributed by atoms with Crippen molar-refractivity contribution in [3.05, 3.63) is 62.2 Å². The normalized spacial score (nSPS) is 24.4. The van der Waals surface area contributed by atoms with E-state index in [1.165, 1.54) is 9.64 Å². The minimum Gasteiger partial charge on any atom is -0.487 e. The number of hydrogen-bond acceptors (Lipinski definition) is 4. The van der Waals surface area contributed by atoms with E-state index in [9.17, 15) is 4.91 Å². The van der Waals surface area contributed by atoms with E-state index in [-0.39, 0.29) is 6.04 Å². The van der Waals surface area contributed by atoms with Crippen LogP contribution in [-0.4, -0.2) is 24.0 Å². The zero-order valence-electron chi connectivity index (χ0n) is 11.7. The largest absolute Gasteiger partial charge is 0.487 e. The maximum Gasteiger partial charge on any atom is 0.260 e. The molecule has 1 aromatic rings. The van der Waals surface area contributed by atoms with Crippen molar-refractivity contribution in [1.29, 1.82) is 0 Å². The standard InChI is InChI=1S/C16H17N2O2S/c19-18-13-6-1-7-17-15(13)16-12(5-2-8-20-16)14(18)10-11-4-3-9-21-11/h2-5,9,14,17H,1,6-8,10H2/q+1. The Morgan fingerprint density at radius 2 is 2.43 bits per heavy atom. The lowest BCUT2D eigenvalue weighted by atomic mass is 9.92. The van der Waals surface area contributed by atoms with E-state index in [0.29, 0.717) is 6.61 Å². The third-order valence-corrected chi connectivity index (χ3v) is 5.07. The molecule has 0 saturated heterocycles. The van der Waals surface area contributed by atoms with E-state index in [0.717, 1.165) is 48.5 Å². The van der Waals surface area contributed by atoms with Gasteiger partial charge in [0.15, 0.2) is 5.76 Å². The van der Waals surface area contributed by atoms with Crippen LogP contribution in [0.2, 0.25) is 0 Å². The average Bonchev–Trinajstić information content (AvgIpc) is 3.04. The van der Waals surface area contributed by atoms with Gasteiger partial charge < -0.3 is 10.1 Å². The summed E-state index contributed by atoms with van der Waals surface area (Å²) in [7, 11) is 0. The van der Waals surface area contributed by atoms with Gasteiger partial charge in [-0.2, -0.15) is 0 Å². The molecule has 1 aromatic heterocycles. The van der Waals surface area contributed by atoms with Crippen molar-refractivity contribution in [3.63, 3.8) is 0 Å². The summed E-state index contributed by atoms with van der Waals surface area (Å²) >= 11 is 1.70. The molecular formula is C16H17N2O2S+. The molecule has 108 valence electrons. The summed E-state index contributed by atoms with van der Waals surface area (Å²) in [5.74, 6) is 0.890. The van der Waals surface area contributed by atoms with E-state index < -0.39 is 0 Å². The lowest BCUT2D eigenvalue weighted by Crippen LogP contribution is -2.40. The highest BCUT2D eigenvalue weighted by Crippen LogP contribution is 2.36. The summed E-state index contributed by atoms with van der Waals surface area (Å²) in [4.78, 5) is 14.1. The molecule has 4 nitrogen and oxygen atoms in total. The summed E-state index contributed by atoms with van der Waals surface area (Å²) < 4.78 is 7.07. The topological polar surface area (TPSA) is 41.3 Å². The van der Waals surface area contributed by atoms with E-state index in [1.807, 2.05) is 12.1 Å². The zero-order chi connectivity index (χ0) is 14.2. The molecule has 0 radical (unpaired) electrons. The second-order valence-corrected chi connectivity index (χ2v) is 6.51. The van der Waals surface area contributed by atoms with Crippen LogP contribution in [0.5, 0.6) is 0 Å². The third kappa shape index (κ3) is 2.12. The highest BCUT2D eigenvalue weighted by Gasteiger charge is 2.44. The Hall–Kier alpha value is -1.88. The van der Waals surface area contributed by atoms with Crippen molar-refractivity contribution in [2.24, 2.45) is 0 Å². The van der Waals surface area contributed by atoms with Crippen molar-refractivity contribution in [1.82, 2.24) is 5.32 Å². The summed E-state index contributed by atoms with van der Waals surface area (Å²) in [5, 5.41) is 5.41. The van der Waals surface area contributed by atoms with Crippen molar-refractivity contribution < 1.29 is 9.50 Å². The van der Waals surface area contributed by atoms with Gasteiger partial charge in [-0.15, -0.1) is 11.3 Å². The Balaban J connectivity index is 1.77. The molecular weight excluding hydrogens is 284 g/mol. The first-order chi connectivity index (χ1) is 10.3. The maximum absolute atomic E-state index is 12.8. The number of nitrogens with zero attached hydrogens (tertiary/aromatic N) is 1. The lowest BCUT2D eigenvalue weighted by molar-refractivity contribution is -0.535. The van der Waals surface area contributed by atoms with Crippen LogP contribution in [0.3, 0.4) is 0 Å². The van der Waals surface area contributed by atoms with Gasteiger partial charge in [-0.3, -0.25) is 0 Å². The molecule has 0 saturated carbocycles. The van der Waals surface area contributed by atoms with Crippen LogP contribution in [0.4, 0.5) is 0 Å². The molecule has 4 heterocycles. The fourth-order valence-corrected chi connectivity index (χ4v) is 3.94. The SMILES string of the molecule is O=[N+]1C2=C(NCCC2)C2=C(C=CCO2)C1Cc1cccs1. The molecule has 5 heteroatoms. The molecule has 1 atom stereocenters. The minimum atomic E-state index is -0.172. The maximum atomic E-state index is 12.8. The van der Waals surface area contributed by atoms with Gasteiger partial charge in [-0.25, -0.2) is 0 Å². The Morgan fingerprint density at radius 3 is 3.29 bits per heavy atom. The van der Waals surface area contributed by atoms with Crippen LogP contribution in [0.1, 0.15) is 17.7 Å². The molecule has 21 heavy (non-hydrogen) atoms. The van der Waals surface area contributed by atoms with E-state index in [2.05, 4.69) is 22.8 Å². The average molecular weight is 301 g/mol. The predicted octanol–water partition coefficient (Wildman–Crippen LogP) is 2.89. The first kappa shape index (κ1) is 12.8. The van der Waals surface area contributed by atoms with E-state index in [4.69, 9.17) is 4.74 Å². The zero-order valence-corrected chi connectivity index (χ0v) is 12.5.